The molecule has 0 saturated carbocycles. The lowest BCUT2D eigenvalue weighted by Crippen LogP contribution is -2.47. The minimum atomic E-state index is -0.706. The Hall–Kier alpha value is -2.04. The fourth-order valence-electron chi connectivity index (χ4n) is 2.35. The molecular weight excluding hydrogens is 359 g/mol. The summed E-state index contributed by atoms with van der Waals surface area (Å²) in [7, 11) is 0. The number of nitrogens with one attached hydrogen (secondary N) is 2. The van der Waals surface area contributed by atoms with Crippen molar-refractivity contribution in [2.24, 2.45) is 5.92 Å². The molecule has 4 nitrogen and oxygen atoms in total. The van der Waals surface area contributed by atoms with Crippen molar-refractivity contribution in [1.82, 2.24) is 5.32 Å². The van der Waals surface area contributed by atoms with Crippen molar-refractivity contribution in [2.75, 3.05) is 5.32 Å². The largest absolute Gasteiger partial charge is 0.340 e. The second-order valence-electron chi connectivity index (χ2n) is 6.08. The van der Waals surface area contributed by atoms with E-state index in [1.54, 1.807) is 42.5 Å². The molecule has 2 amide bonds. The third-order valence-corrected chi connectivity index (χ3v) is 4.62. The van der Waals surface area contributed by atoms with E-state index in [1.807, 2.05) is 20.8 Å². The van der Waals surface area contributed by atoms with Crippen LogP contribution in [-0.2, 0) is 4.79 Å². The Morgan fingerprint density at radius 1 is 0.960 bits per heavy atom. The van der Waals surface area contributed by atoms with Gasteiger partial charge in [0.15, 0.2) is 0 Å². The maximum Gasteiger partial charge on any atom is 0.253 e. The zero-order chi connectivity index (χ0) is 18.6. The minimum absolute atomic E-state index is 0.106. The monoisotopic (exact) mass is 378 g/mol. The summed E-state index contributed by atoms with van der Waals surface area (Å²) in [5, 5.41) is 6.50. The minimum Gasteiger partial charge on any atom is -0.340 e. The standard InChI is InChI=1S/C19H20Cl2N2O2/c1-11(2)17(23-18(24)13-7-4-5-8-15(13)21)19(25)22-16-10-6-9-14(20)12(16)3/h4-11,17H,1-3H3,(H,22,25)(H,23,24). The number of carbonyl (C=O) groups is 2. The van der Waals surface area contributed by atoms with Crippen LogP contribution in [0.1, 0.15) is 29.8 Å². The molecule has 0 fully saturated rings. The van der Waals surface area contributed by atoms with Crippen LogP contribution in [0, 0.1) is 12.8 Å². The van der Waals surface area contributed by atoms with Gasteiger partial charge in [0.2, 0.25) is 5.91 Å². The van der Waals surface area contributed by atoms with Gasteiger partial charge in [-0.2, -0.15) is 0 Å². The van der Waals surface area contributed by atoms with Crippen LogP contribution in [0.15, 0.2) is 42.5 Å². The topological polar surface area (TPSA) is 58.2 Å². The van der Waals surface area contributed by atoms with E-state index < -0.39 is 6.04 Å². The smallest absolute Gasteiger partial charge is 0.253 e. The zero-order valence-electron chi connectivity index (χ0n) is 14.3. The fourth-order valence-corrected chi connectivity index (χ4v) is 2.75. The van der Waals surface area contributed by atoms with Gasteiger partial charge in [-0.1, -0.05) is 55.2 Å². The lowest BCUT2D eigenvalue weighted by Gasteiger charge is -2.22. The van der Waals surface area contributed by atoms with E-state index in [0.29, 0.717) is 21.3 Å². The Balaban J connectivity index is 2.17. The summed E-state index contributed by atoms with van der Waals surface area (Å²) in [5.74, 6) is -0.797. The molecule has 0 heterocycles. The quantitative estimate of drug-likeness (QED) is 0.792. The van der Waals surface area contributed by atoms with Gasteiger partial charge in [-0.25, -0.2) is 0 Å². The lowest BCUT2D eigenvalue weighted by molar-refractivity contribution is -0.118. The van der Waals surface area contributed by atoms with Crippen LogP contribution < -0.4 is 10.6 Å². The maximum atomic E-state index is 12.7. The van der Waals surface area contributed by atoms with Gasteiger partial charge in [0, 0.05) is 10.7 Å². The van der Waals surface area contributed by atoms with Gasteiger partial charge in [-0.3, -0.25) is 9.59 Å². The second kappa shape index (κ2) is 8.37. The van der Waals surface area contributed by atoms with Crippen LogP contribution in [0.25, 0.3) is 0 Å². The van der Waals surface area contributed by atoms with E-state index in [0.717, 1.165) is 5.56 Å². The van der Waals surface area contributed by atoms with Gasteiger partial charge in [0.05, 0.1) is 10.6 Å². The number of halogens is 2. The molecule has 132 valence electrons. The molecular formula is C19H20Cl2N2O2. The maximum absolute atomic E-state index is 12.7. The summed E-state index contributed by atoms with van der Waals surface area (Å²) in [6.45, 7) is 5.55. The Morgan fingerprint density at radius 2 is 1.60 bits per heavy atom. The summed E-state index contributed by atoms with van der Waals surface area (Å²) < 4.78 is 0. The third-order valence-electron chi connectivity index (χ3n) is 3.88. The molecule has 0 saturated heterocycles. The molecule has 0 aliphatic rings. The average molecular weight is 379 g/mol. The molecule has 0 spiro atoms. The van der Waals surface area contributed by atoms with Gasteiger partial charge in [-0.15, -0.1) is 0 Å². The molecule has 1 unspecified atom stereocenters. The van der Waals surface area contributed by atoms with Crippen molar-refractivity contribution in [3.8, 4) is 0 Å². The van der Waals surface area contributed by atoms with Crippen molar-refractivity contribution >= 4 is 40.7 Å². The lowest BCUT2D eigenvalue weighted by atomic mass is 10.0. The van der Waals surface area contributed by atoms with Gasteiger partial charge in [0.25, 0.3) is 5.91 Å². The fraction of sp³-hybridized carbons (Fsp3) is 0.263. The van der Waals surface area contributed by atoms with Gasteiger partial charge >= 0.3 is 0 Å². The molecule has 6 heteroatoms. The van der Waals surface area contributed by atoms with E-state index in [1.165, 1.54) is 0 Å². The number of hydrogen-bond acceptors (Lipinski definition) is 2. The average Bonchev–Trinajstić information content (AvgIpc) is 2.56. The van der Waals surface area contributed by atoms with Crippen LogP contribution >= 0.6 is 23.2 Å². The summed E-state index contributed by atoms with van der Waals surface area (Å²) in [6.07, 6.45) is 0. The van der Waals surface area contributed by atoms with E-state index in [2.05, 4.69) is 10.6 Å². The van der Waals surface area contributed by atoms with Crippen LogP contribution in [0.2, 0.25) is 10.0 Å². The molecule has 0 bridgehead atoms. The Bertz CT molecular complexity index is 791. The summed E-state index contributed by atoms with van der Waals surface area (Å²) in [5.41, 5.74) is 1.73. The first-order chi connectivity index (χ1) is 11.8. The summed E-state index contributed by atoms with van der Waals surface area (Å²) in [4.78, 5) is 25.1. The molecule has 2 N–H and O–H groups in total. The number of amides is 2. The number of hydrogen-bond donors (Lipinski definition) is 2. The highest BCUT2D eigenvalue weighted by molar-refractivity contribution is 6.34. The predicted octanol–water partition coefficient (Wildman–Crippen LogP) is 4.69. The Morgan fingerprint density at radius 3 is 2.24 bits per heavy atom. The highest BCUT2D eigenvalue weighted by Crippen LogP contribution is 2.23. The van der Waals surface area contributed by atoms with Crippen molar-refractivity contribution in [3.05, 3.63) is 63.6 Å². The van der Waals surface area contributed by atoms with Gasteiger partial charge in [-0.05, 0) is 42.7 Å². The molecule has 0 radical (unpaired) electrons. The van der Waals surface area contributed by atoms with Crippen LogP contribution in [0.5, 0.6) is 0 Å². The summed E-state index contributed by atoms with van der Waals surface area (Å²) >= 11 is 12.1. The van der Waals surface area contributed by atoms with E-state index >= 15 is 0 Å². The number of benzene rings is 2. The molecule has 2 rings (SSSR count). The molecule has 2 aromatic carbocycles. The molecule has 0 aliphatic heterocycles. The highest BCUT2D eigenvalue weighted by atomic mass is 35.5. The van der Waals surface area contributed by atoms with Crippen LogP contribution in [0.4, 0.5) is 5.69 Å². The van der Waals surface area contributed by atoms with Crippen LogP contribution in [-0.4, -0.2) is 17.9 Å². The van der Waals surface area contributed by atoms with E-state index in [-0.39, 0.29) is 17.7 Å². The zero-order valence-corrected chi connectivity index (χ0v) is 15.8. The molecule has 2 aromatic rings. The first-order valence-corrected chi connectivity index (χ1v) is 8.68. The molecule has 25 heavy (non-hydrogen) atoms. The van der Waals surface area contributed by atoms with Crippen molar-refractivity contribution in [1.29, 1.82) is 0 Å². The van der Waals surface area contributed by atoms with E-state index in [9.17, 15) is 9.59 Å². The normalized spacial score (nSPS) is 11.9. The number of anilines is 1. The van der Waals surface area contributed by atoms with Crippen molar-refractivity contribution in [3.63, 3.8) is 0 Å². The molecule has 1 atom stereocenters. The van der Waals surface area contributed by atoms with Crippen molar-refractivity contribution < 1.29 is 9.59 Å². The predicted molar refractivity (Wildman–Crippen MR) is 102 cm³/mol. The van der Waals surface area contributed by atoms with Crippen molar-refractivity contribution in [2.45, 2.75) is 26.8 Å². The molecule has 0 aromatic heterocycles. The van der Waals surface area contributed by atoms with Gasteiger partial charge < -0.3 is 10.6 Å². The summed E-state index contributed by atoms with van der Waals surface area (Å²) in [6, 6.07) is 11.3. The third kappa shape index (κ3) is 4.74. The van der Waals surface area contributed by atoms with E-state index in [4.69, 9.17) is 23.2 Å². The Labute approximate surface area is 157 Å². The second-order valence-corrected chi connectivity index (χ2v) is 6.89. The van der Waals surface area contributed by atoms with Gasteiger partial charge in [0.1, 0.15) is 6.04 Å². The number of rotatable bonds is 5. The van der Waals surface area contributed by atoms with Crippen LogP contribution in [0.3, 0.4) is 0 Å². The number of carbonyl (C=O) groups excluding carboxylic acids is 2. The highest BCUT2D eigenvalue weighted by Gasteiger charge is 2.26. The SMILES string of the molecule is Cc1c(Cl)cccc1NC(=O)C(NC(=O)c1ccccc1Cl)C(C)C. The Kier molecular flexibility index (Phi) is 6.45. The molecule has 0 aliphatic carbocycles. The first kappa shape index (κ1) is 19.3. The first-order valence-electron chi connectivity index (χ1n) is 7.92.